The van der Waals surface area contributed by atoms with Crippen molar-refractivity contribution in [2.45, 2.75) is 64.8 Å². The molecule has 2 aliphatic rings. The number of rotatable bonds is 2. The van der Waals surface area contributed by atoms with Crippen LogP contribution in [0.15, 0.2) is 0 Å². The summed E-state index contributed by atoms with van der Waals surface area (Å²) in [5.41, 5.74) is 0.0243. The largest absolute Gasteiger partial charge is 0.359 e. The molecule has 0 spiro atoms. The average Bonchev–Trinajstić information content (AvgIpc) is 2.54. The van der Waals surface area contributed by atoms with Crippen LogP contribution in [-0.4, -0.2) is 41.9 Å². The Morgan fingerprint density at radius 3 is 2.18 bits per heavy atom. The van der Waals surface area contributed by atoms with Gasteiger partial charge in [-0.15, -0.1) is 0 Å². The van der Waals surface area contributed by atoms with Crippen LogP contribution in [0.3, 0.4) is 0 Å². The predicted octanol–water partition coefficient (Wildman–Crippen LogP) is 2.22. The van der Waals surface area contributed by atoms with Gasteiger partial charge in [-0.1, -0.05) is 0 Å². The molecule has 1 N–H and O–H groups in total. The lowest BCUT2D eigenvalue weighted by Gasteiger charge is -2.42. The first-order valence-corrected chi connectivity index (χ1v) is 7.00. The zero-order chi connectivity index (χ0) is 12.7. The lowest BCUT2D eigenvalue weighted by atomic mass is 9.86. The number of nitrogens with zero attached hydrogens (tertiary/aromatic N) is 1. The highest BCUT2D eigenvalue weighted by atomic mass is 16.5. The van der Waals surface area contributed by atoms with Gasteiger partial charge < -0.3 is 9.64 Å². The van der Waals surface area contributed by atoms with Gasteiger partial charge in [-0.25, -0.2) is 0 Å². The molecular formula is C14H28N2O. The first-order valence-electron chi connectivity index (χ1n) is 7.00. The summed E-state index contributed by atoms with van der Waals surface area (Å²) in [6.45, 7) is 14.5. The Morgan fingerprint density at radius 2 is 1.76 bits per heavy atom. The molecule has 0 aromatic heterocycles. The number of likely N-dealkylation sites (tertiary alicyclic amines) is 1. The van der Waals surface area contributed by atoms with Crippen molar-refractivity contribution >= 4 is 0 Å². The van der Waals surface area contributed by atoms with Crippen molar-refractivity contribution in [1.82, 2.24) is 10.2 Å². The van der Waals surface area contributed by atoms with E-state index >= 15 is 0 Å². The lowest BCUT2D eigenvalue weighted by Crippen LogP contribution is -2.54. The molecule has 3 heteroatoms. The Labute approximate surface area is 106 Å². The van der Waals surface area contributed by atoms with Crippen LogP contribution in [-0.2, 0) is 4.74 Å². The Balaban J connectivity index is 1.93. The van der Waals surface area contributed by atoms with E-state index in [9.17, 15) is 0 Å². The first-order chi connectivity index (χ1) is 7.82. The van der Waals surface area contributed by atoms with Gasteiger partial charge in [0, 0.05) is 17.5 Å². The third kappa shape index (κ3) is 2.83. The van der Waals surface area contributed by atoms with Crippen LogP contribution >= 0.6 is 0 Å². The maximum atomic E-state index is 6.06. The van der Waals surface area contributed by atoms with Crippen molar-refractivity contribution in [1.29, 1.82) is 0 Å². The molecule has 0 bridgehead atoms. The second kappa shape index (κ2) is 4.52. The summed E-state index contributed by atoms with van der Waals surface area (Å²) in [5.74, 6) is 0.652. The van der Waals surface area contributed by atoms with E-state index in [4.69, 9.17) is 4.74 Å². The first kappa shape index (κ1) is 13.3. The molecule has 0 aromatic rings. The summed E-state index contributed by atoms with van der Waals surface area (Å²) in [4.78, 5) is 2.57. The second-order valence-electron chi connectivity index (χ2n) is 6.81. The van der Waals surface area contributed by atoms with E-state index in [1.54, 1.807) is 0 Å². The molecule has 0 amide bonds. The van der Waals surface area contributed by atoms with E-state index in [0.29, 0.717) is 12.0 Å². The zero-order valence-electron chi connectivity index (χ0n) is 12.0. The number of hydrogen-bond donors (Lipinski definition) is 1. The summed E-state index contributed by atoms with van der Waals surface area (Å²) in [5, 5.41) is 3.68. The van der Waals surface area contributed by atoms with Gasteiger partial charge in [0.15, 0.2) is 0 Å². The van der Waals surface area contributed by atoms with Crippen molar-refractivity contribution in [3.05, 3.63) is 0 Å². The second-order valence-corrected chi connectivity index (χ2v) is 6.81. The normalized spacial score (nSPS) is 35.6. The van der Waals surface area contributed by atoms with E-state index in [2.05, 4.69) is 44.8 Å². The molecule has 0 saturated carbocycles. The highest BCUT2D eigenvalue weighted by Gasteiger charge is 2.46. The SMILES string of the molecule is CC(C)N1CCC(C2(C)NC(C)(C)CO2)CC1. The quantitative estimate of drug-likeness (QED) is 0.801. The van der Waals surface area contributed by atoms with Crippen molar-refractivity contribution in [2.75, 3.05) is 19.7 Å². The highest BCUT2D eigenvalue weighted by Crippen LogP contribution is 2.35. The van der Waals surface area contributed by atoms with Crippen LogP contribution in [0.25, 0.3) is 0 Å². The summed E-state index contributed by atoms with van der Waals surface area (Å²) < 4.78 is 6.06. The van der Waals surface area contributed by atoms with Gasteiger partial charge in [0.25, 0.3) is 0 Å². The molecule has 2 saturated heterocycles. The number of nitrogens with one attached hydrogen (secondary N) is 1. The van der Waals surface area contributed by atoms with Crippen LogP contribution in [0.2, 0.25) is 0 Å². The summed E-state index contributed by atoms with van der Waals surface area (Å²) >= 11 is 0. The molecule has 2 heterocycles. The molecule has 2 fully saturated rings. The van der Waals surface area contributed by atoms with E-state index in [-0.39, 0.29) is 11.3 Å². The molecule has 3 nitrogen and oxygen atoms in total. The standard InChI is InChI=1S/C14H28N2O/c1-11(2)16-8-6-12(7-9-16)14(5)15-13(3,4)10-17-14/h11-12,15H,6-10H2,1-5H3. The minimum atomic E-state index is -0.105. The van der Waals surface area contributed by atoms with E-state index < -0.39 is 0 Å². The van der Waals surface area contributed by atoms with Crippen LogP contribution < -0.4 is 5.32 Å². The van der Waals surface area contributed by atoms with Gasteiger partial charge in [0.05, 0.1) is 6.61 Å². The fourth-order valence-corrected chi connectivity index (χ4v) is 3.26. The maximum absolute atomic E-state index is 6.06. The van der Waals surface area contributed by atoms with Crippen molar-refractivity contribution < 1.29 is 4.74 Å². The van der Waals surface area contributed by atoms with Gasteiger partial charge >= 0.3 is 0 Å². The van der Waals surface area contributed by atoms with Gasteiger partial charge in [-0.05, 0) is 60.5 Å². The van der Waals surface area contributed by atoms with E-state index in [1.807, 2.05) is 0 Å². The number of hydrogen-bond acceptors (Lipinski definition) is 3. The van der Waals surface area contributed by atoms with E-state index in [0.717, 1.165) is 6.61 Å². The third-order valence-corrected chi connectivity index (χ3v) is 4.36. The van der Waals surface area contributed by atoms with Crippen LogP contribution in [0.5, 0.6) is 0 Å². The molecule has 100 valence electrons. The van der Waals surface area contributed by atoms with Gasteiger partial charge in [0.1, 0.15) is 5.72 Å². The van der Waals surface area contributed by atoms with Crippen molar-refractivity contribution in [3.63, 3.8) is 0 Å². The van der Waals surface area contributed by atoms with Gasteiger partial charge in [-0.3, -0.25) is 5.32 Å². The highest BCUT2D eigenvalue weighted by molar-refractivity contribution is 4.97. The molecular weight excluding hydrogens is 212 g/mol. The molecule has 17 heavy (non-hydrogen) atoms. The third-order valence-electron chi connectivity index (χ3n) is 4.36. The molecule has 0 aromatic carbocycles. The van der Waals surface area contributed by atoms with Crippen LogP contribution in [0, 0.1) is 5.92 Å². The average molecular weight is 240 g/mol. The van der Waals surface area contributed by atoms with Gasteiger partial charge in [-0.2, -0.15) is 0 Å². The molecule has 2 rings (SSSR count). The number of piperidine rings is 1. The Kier molecular flexibility index (Phi) is 3.54. The molecule has 2 aliphatic heterocycles. The minimum Gasteiger partial charge on any atom is -0.359 e. The fourth-order valence-electron chi connectivity index (χ4n) is 3.26. The Hall–Kier alpha value is -0.120. The molecule has 0 radical (unpaired) electrons. The zero-order valence-corrected chi connectivity index (χ0v) is 12.0. The summed E-state index contributed by atoms with van der Waals surface area (Å²) in [6, 6.07) is 0.678. The summed E-state index contributed by atoms with van der Waals surface area (Å²) in [6.07, 6.45) is 2.50. The Morgan fingerprint density at radius 1 is 1.18 bits per heavy atom. The van der Waals surface area contributed by atoms with Gasteiger partial charge in [0.2, 0.25) is 0 Å². The smallest absolute Gasteiger partial charge is 0.119 e. The Bertz CT molecular complexity index is 269. The summed E-state index contributed by atoms with van der Waals surface area (Å²) in [7, 11) is 0. The fraction of sp³-hybridized carbons (Fsp3) is 1.00. The van der Waals surface area contributed by atoms with Crippen molar-refractivity contribution in [2.24, 2.45) is 5.92 Å². The predicted molar refractivity (Wildman–Crippen MR) is 71.0 cm³/mol. The molecule has 1 unspecified atom stereocenters. The lowest BCUT2D eigenvalue weighted by molar-refractivity contribution is -0.0645. The molecule has 1 atom stereocenters. The van der Waals surface area contributed by atoms with Crippen LogP contribution in [0.1, 0.15) is 47.5 Å². The van der Waals surface area contributed by atoms with Crippen molar-refractivity contribution in [3.8, 4) is 0 Å². The maximum Gasteiger partial charge on any atom is 0.119 e. The monoisotopic (exact) mass is 240 g/mol. The molecule has 0 aliphatic carbocycles. The van der Waals surface area contributed by atoms with E-state index in [1.165, 1.54) is 25.9 Å². The number of ether oxygens (including phenoxy) is 1. The van der Waals surface area contributed by atoms with Crippen LogP contribution in [0.4, 0.5) is 0 Å². The minimum absolute atomic E-state index is 0.105. The topological polar surface area (TPSA) is 24.5 Å².